The lowest BCUT2D eigenvalue weighted by Gasteiger charge is -2.13. The maximum atomic E-state index is 5.64. The number of allylic oxidation sites excluding steroid dienone is 1. The molecule has 0 bridgehead atoms. The number of fused-ring (bicyclic) bond motifs is 3. The number of hydrogen-bond donors (Lipinski definition) is 0. The molecule has 0 aliphatic heterocycles. The van der Waals surface area contributed by atoms with E-state index in [9.17, 15) is 0 Å². The summed E-state index contributed by atoms with van der Waals surface area (Å²) in [5, 5.41) is 5.16. The largest absolute Gasteiger partial charge is 0.465 e. The van der Waals surface area contributed by atoms with Gasteiger partial charge in [-0.15, -0.1) is 0 Å². The van der Waals surface area contributed by atoms with Gasteiger partial charge < -0.3 is 4.42 Å². The van der Waals surface area contributed by atoms with Gasteiger partial charge in [-0.05, 0) is 79.7 Å². The van der Waals surface area contributed by atoms with E-state index in [1.165, 1.54) is 49.4 Å². The molecule has 0 spiro atoms. The number of furan rings is 1. The Hall–Kier alpha value is -3.58. The fourth-order valence-corrected chi connectivity index (χ4v) is 4.44. The van der Waals surface area contributed by atoms with Crippen LogP contribution >= 0.6 is 0 Å². The SMILES string of the molecule is C1=C(c2ccco2)Cc2c1cccc2-c1cccc2cc3ccccc3cc12. The third kappa shape index (κ3) is 2.33. The van der Waals surface area contributed by atoms with Gasteiger partial charge in [-0.2, -0.15) is 0 Å². The summed E-state index contributed by atoms with van der Waals surface area (Å²) in [6.45, 7) is 0. The van der Waals surface area contributed by atoms with Crippen LogP contribution in [0.1, 0.15) is 16.9 Å². The number of rotatable bonds is 2. The third-order valence-electron chi connectivity index (χ3n) is 5.78. The van der Waals surface area contributed by atoms with Gasteiger partial charge in [0.1, 0.15) is 5.76 Å². The van der Waals surface area contributed by atoms with Gasteiger partial charge in [0.2, 0.25) is 0 Å². The lowest BCUT2D eigenvalue weighted by Crippen LogP contribution is -1.91. The Bertz CT molecular complexity index is 1370. The van der Waals surface area contributed by atoms with Crippen molar-refractivity contribution in [3.63, 3.8) is 0 Å². The molecular formula is C27H18O. The van der Waals surface area contributed by atoms with Crippen molar-refractivity contribution in [2.45, 2.75) is 6.42 Å². The zero-order chi connectivity index (χ0) is 18.5. The van der Waals surface area contributed by atoms with Crippen LogP contribution in [0, 0.1) is 0 Å². The minimum absolute atomic E-state index is 0.906. The van der Waals surface area contributed by atoms with Gasteiger partial charge in [0.25, 0.3) is 0 Å². The molecule has 1 aromatic heterocycles. The fraction of sp³-hybridized carbons (Fsp3) is 0.0370. The Morgan fingerprint density at radius 3 is 2.29 bits per heavy atom. The van der Waals surface area contributed by atoms with Gasteiger partial charge in [-0.1, -0.05) is 60.7 Å². The first-order chi connectivity index (χ1) is 13.9. The Balaban J connectivity index is 1.55. The average Bonchev–Trinajstić information content (AvgIpc) is 3.41. The highest BCUT2D eigenvalue weighted by atomic mass is 16.3. The van der Waals surface area contributed by atoms with E-state index in [2.05, 4.69) is 78.9 Å². The van der Waals surface area contributed by atoms with Crippen LogP contribution in [0.5, 0.6) is 0 Å². The molecule has 0 fully saturated rings. The summed E-state index contributed by atoms with van der Waals surface area (Å²) >= 11 is 0. The molecule has 0 amide bonds. The minimum Gasteiger partial charge on any atom is -0.465 e. The first-order valence-corrected chi connectivity index (χ1v) is 9.65. The first kappa shape index (κ1) is 15.5. The molecule has 1 aliphatic carbocycles. The number of hydrogen-bond acceptors (Lipinski definition) is 1. The highest BCUT2D eigenvalue weighted by molar-refractivity contribution is 6.06. The van der Waals surface area contributed by atoms with E-state index in [4.69, 9.17) is 4.42 Å². The van der Waals surface area contributed by atoms with Gasteiger partial charge in [-0.3, -0.25) is 0 Å². The monoisotopic (exact) mass is 358 g/mol. The molecule has 4 aromatic carbocycles. The smallest absolute Gasteiger partial charge is 0.130 e. The molecule has 6 rings (SSSR count). The quantitative estimate of drug-likeness (QED) is 0.301. The molecule has 0 N–H and O–H groups in total. The predicted molar refractivity (Wildman–Crippen MR) is 117 cm³/mol. The molecule has 0 unspecified atom stereocenters. The second-order valence-corrected chi connectivity index (χ2v) is 7.42. The van der Waals surface area contributed by atoms with Crippen LogP contribution in [-0.2, 0) is 6.42 Å². The standard InChI is InChI=1S/C27H18O/c1-2-7-19-16-25-20(14-18(19)6-1)8-3-10-23(25)24-11-4-9-21-15-22(17-26(21)24)27-12-5-13-28-27/h1-16H,17H2. The van der Waals surface area contributed by atoms with E-state index in [0.29, 0.717) is 0 Å². The fourth-order valence-electron chi connectivity index (χ4n) is 4.44. The second-order valence-electron chi connectivity index (χ2n) is 7.42. The lowest BCUT2D eigenvalue weighted by molar-refractivity contribution is 0.552. The van der Waals surface area contributed by atoms with Gasteiger partial charge in [0, 0.05) is 6.42 Å². The first-order valence-electron chi connectivity index (χ1n) is 9.65. The molecule has 1 nitrogen and oxygen atoms in total. The molecule has 1 heterocycles. The average molecular weight is 358 g/mol. The van der Waals surface area contributed by atoms with Crippen molar-refractivity contribution in [3.8, 4) is 11.1 Å². The van der Waals surface area contributed by atoms with Crippen molar-refractivity contribution >= 4 is 33.2 Å². The van der Waals surface area contributed by atoms with Crippen molar-refractivity contribution in [1.82, 2.24) is 0 Å². The summed E-state index contributed by atoms with van der Waals surface area (Å²) in [5.74, 6) is 0.964. The van der Waals surface area contributed by atoms with Gasteiger partial charge >= 0.3 is 0 Å². The topological polar surface area (TPSA) is 13.1 Å². The van der Waals surface area contributed by atoms with E-state index in [0.717, 1.165) is 12.2 Å². The molecule has 5 aromatic rings. The summed E-state index contributed by atoms with van der Waals surface area (Å²) in [5.41, 5.74) is 6.54. The molecule has 0 radical (unpaired) electrons. The minimum atomic E-state index is 0.906. The Kier molecular flexibility index (Phi) is 3.30. The zero-order valence-electron chi connectivity index (χ0n) is 15.4. The summed E-state index contributed by atoms with van der Waals surface area (Å²) in [4.78, 5) is 0. The van der Waals surface area contributed by atoms with E-state index >= 15 is 0 Å². The molecule has 28 heavy (non-hydrogen) atoms. The summed E-state index contributed by atoms with van der Waals surface area (Å²) in [6, 6.07) is 30.4. The predicted octanol–water partition coefficient (Wildman–Crippen LogP) is 7.35. The van der Waals surface area contributed by atoms with Crippen LogP contribution in [0.3, 0.4) is 0 Å². The van der Waals surface area contributed by atoms with Crippen LogP contribution in [0.2, 0.25) is 0 Å². The Labute approximate surface area is 163 Å². The number of benzene rings is 4. The van der Waals surface area contributed by atoms with Crippen LogP contribution < -0.4 is 0 Å². The normalized spacial score (nSPS) is 13.1. The van der Waals surface area contributed by atoms with Crippen molar-refractivity contribution in [3.05, 3.63) is 108 Å². The summed E-state index contributed by atoms with van der Waals surface area (Å²) in [7, 11) is 0. The van der Waals surface area contributed by atoms with Crippen LogP contribution in [0.25, 0.3) is 44.3 Å². The molecule has 0 saturated heterocycles. The summed E-state index contributed by atoms with van der Waals surface area (Å²) in [6.07, 6.45) is 4.91. The van der Waals surface area contributed by atoms with E-state index in [1.54, 1.807) is 6.26 Å². The second kappa shape index (κ2) is 5.97. The molecule has 132 valence electrons. The van der Waals surface area contributed by atoms with Crippen LogP contribution in [0.4, 0.5) is 0 Å². The van der Waals surface area contributed by atoms with Gasteiger partial charge in [0.05, 0.1) is 6.26 Å². The molecular weight excluding hydrogens is 340 g/mol. The summed E-state index contributed by atoms with van der Waals surface area (Å²) < 4.78 is 5.64. The van der Waals surface area contributed by atoms with Gasteiger partial charge in [-0.25, -0.2) is 0 Å². The van der Waals surface area contributed by atoms with Crippen molar-refractivity contribution in [2.24, 2.45) is 0 Å². The highest BCUT2D eigenvalue weighted by Crippen LogP contribution is 2.40. The van der Waals surface area contributed by atoms with Crippen molar-refractivity contribution in [1.29, 1.82) is 0 Å². The third-order valence-corrected chi connectivity index (χ3v) is 5.78. The van der Waals surface area contributed by atoms with Crippen LogP contribution in [-0.4, -0.2) is 0 Å². The van der Waals surface area contributed by atoms with E-state index in [-0.39, 0.29) is 0 Å². The maximum Gasteiger partial charge on any atom is 0.130 e. The van der Waals surface area contributed by atoms with Crippen molar-refractivity contribution < 1.29 is 4.42 Å². The molecule has 0 atom stereocenters. The van der Waals surface area contributed by atoms with E-state index in [1.807, 2.05) is 12.1 Å². The Morgan fingerprint density at radius 1 is 0.643 bits per heavy atom. The molecule has 1 heteroatoms. The van der Waals surface area contributed by atoms with Crippen LogP contribution in [0.15, 0.2) is 95.6 Å². The Morgan fingerprint density at radius 2 is 1.43 bits per heavy atom. The van der Waals surface area contributed by atoms with E-state index < -0.39 is 0 Å². The molecule has 1 aliphatic rings. The van der Waals surface area contributed by atoms with Gasteiger partial charge in [0.15, 0.2) is 0 Å². The zero-order valence-corrected chi connectivity index (χ0v) is 15.4. The highest BCUT2D eigenvalue weighted by Gasteiger charge is 2.20. The lowest BCUT2D eigenvalue weighted by atomic mass is 9.91. The van der Waals surface area contributed by atoms with Crippen molar-refractivity contribution in [2.75, 3.05) is 0 Å². The molecule has 0 saturated carbocycles. The maximum absolute atomic E-state index is 5.64.